The van der Waals surface area contributed by atoms with E-state index in [0.29, 0.717) is 25.9 Å². The SMILES string of the molecule is CCCCCCCCCCCCCCCCCC(O)C(CO)NC(=O)CCCCCCCCCCCCCCCCOC(=O)CCCCCCCCCCCCCC. The van der Waals surface area contributed by atoms with Crippen LogP contribution >= 0.6 is 0 Å². The van der Waals surface area contributed by atoms with Crippen molar-refractivity contribution in [3.05, 3.63) is 0 Å². The molecule has 0 aromatic rings. The van der Waals surface area contributed by atoms with Crippen molar-refractivity contribution in [3.8, 4) is 0 Å². The largest absolute Gasteiger partial charge is 0.466 e. The maximum Gasteiger partial charge on any atom is 0.305 e. The van der Waals surface area contributed by atoms with E-state index in [-0.39, 0.29) is 18.5 Å². The van der Waals surface area contributed by atoms with E-state index in [1.54, 1.807) is 0 Å². The fourth-order valence-corrected chi connectivity index (χ4v) is 8.35. The predicted molar refractivity (Wildman–Crippen MR) is 250 cm³/mol. The molecule has 0 saturated carbocycles. The molecule has 0 radical (unpaired) electrons. The predicted octanol–water partition coefficient (Wildman–Crippen LogP) is 15.6. The fourth-order valence-electron chi connectivity index (χ4n) is 8.35. The van der Waals surface area contributed by atoms with Crippen molar-refractivity contribution >= 4 is 11.9 Å². The zero-order valence-corrected chi connectivity index (χ0v) is 39.3. The Balaban J connectivity index is 3.43. The van der Waals surface area contributed by atoms with Crippen molar-refractivity contribution in [2.24, 2.45) is 0 Å². The highest BCUT2D eigenvalue weighted by molar-refractivity contribution is 5.76. The van der Waals surface area contributed by atoms with E-state index in [1.165, 1.54) is 212 Å². The number of unbranched alkanes of at least 4 members (excludes halogenated alkanes) is 38. The molecule has 0 aliphatic heterocycles. The average Bonchev–Trinajstić information content (AvgIpc) is 3.22. The van der Waals surface area contributed by atoms with Gasteiger partial charge < -0.3 is 20.3 Å². The van der Waals surface area contributed by atoms with Gasteiger partial charge in [-0.1, -0.05) is 258 Å². The van der Waals surface area contributed by atoms with Crippen LogP contribution in [-0.4, -0.2) is 47.4 Å². The summed E-state index contributed by atoms with van der Waals surface area (Å²) in [6.45, 7) is 4.94. The molecule has 0 aliphatic rings. The van der Waals surface area contributed by atoms with Crippen LogP contribution in [0, 0.1) is 0 Å². The number of hydrogen-bond donors (Lipinski definition) is 3. The van der Waals surface area contributed by atoms with Crippen LogP contribution < -0.4 is 5.32 Å². The van der Waals surface area contributed by atoms with Gasteiger partial charge in [0.2, 0.25) is 5.91 Å². The minimum Gasteiger partial charge on any atom is -0.466 e. The number of hydrogen-bond acceptors (Lipinski definition) is 5. The summed E-state index contributed by atoms with van der Waals surface area (Å²) in [5.41, 5.74) is 0. The Morgan fingerprint density at radius 1 is 0.414 bits per heavy atom. The van der Waals surface area contributed by atoms with Gasteiger partial charge in [-0.15, -0.1) is 0 Å². The summed E-state index contributed by atoms with van der Waals surface area (Å²) < 4.78 is 5.46. The molecular formula is C52H103NO5. The Morgan fingerprint density at radius 2 is 0.707 bits per heavy atom. The first-order valence-electron chi connectivity index (χ1n) is 26.3. The quantitative estimate of drug-likeness (QED) is 0.0420. The molecule has 0 aliphatic carbocycles. The van der Waals surface area contributed by atoms with Crippen molar-refractivity contribution in [1.82, 2.24) is 5.32 Å². The maximum absolute atomic E-state index is 12.4. The van der Waals surface area contributed by atoms with E-state index in [1.807, 2.05) is 0 Å². The van der Waals surface area contributed by atoms with Crippen LogP contribution in [0.15, 0.2) is 0 Å². The zero-order chi connectivity index (χ0) is 42.3. The monoisotopic (exact) mass is 822 g/mol. The fraction of sp³-hybridized carbons (Fsp3) is 0.962. The number of aliphatic hydroxyl groups is 2. The number of aliphatic hydroxyl groups excluding tert-OH is 2. The summed E-state index contributed by atoms with van der Waals surface area (Å²) >= 11 is 0. The van der Waals surface area contributed by atoms with Gasteiger partial charge in [-0.05, 0) is 25.7 Å². The Hall–Kier alpha value is -1.14. The van der Waals surface area contributed by atoms with Gasteiger partial charge in [0.25, 0.3) is 0 Å². The van der Waals surface area contributed by atoms with Crippen LogP contribution in [0.2, 0.25) is 0 Å². The average molecular weight is 822 g/mol. The maximum atomic E-state index is 12.4. The Bertz CT molecular complexity index is 822. The van der Waals surface area contributed by atoms with Crippen LogP contribution in [0.4, 0.5) is 0 Å². The smallest absolute Gasteiger partial charge is 0.305 e. The Kier molecular flexibility index (Phi) is 47.6. The highest BCUT2D eigenvalue weighted by Crippen LogP contribution is 2.17. The molecule has 6 heteroatoms. The summed E-state index contributed by atoms with van der Waals surface area (Å²) in [6, 6.07) is -0.547. The van der Waals surface area contributed by atoms with Gasteiger partial charge in [0.05, 0.1) is 25.4 Å². The third-order valence-corrected chi connectivity index (χ3v) is 12.4. The summed E-state index contributed by atoms with van der Waals surface area (Å²) in [6.07, 6.45) is 53.5. The molecule has 0 bridgehead atoms. The van der Waals surface area contributed by atoms with E-state index in [0.717, 1.165) is 51.4 Å². The lowest BCUT2D eigenvalue weighted by Crippen LogP contribution is -2.45. The Labute approximate surface area is 362 Å². The van der Waals surface area contributed by atoms with Crippen molar-refractivity contribution in [2.75, 3.05) is 13.2 Å². The van der Waals surface area contributed by atoms with Crippen molar-refractivity contribution in [3.63, 3.8) is 0 Å². The molecule has 0 spiro atoms. The van der Waals surface area contributed by atoms with Crippen molar-refractivity contribution in [2.45, 2.75) is 309 Å². The summed E-state index contributed by atoms with van der Waals surface area (Å²) in [5.74, 6) is -0.0441. The van der Waals surface area contributed by atoms with Gasteiger partial charge >= 0.3 is 5.97 Å². The van der Waals surface area contributed by atoms with E-state index in [9.17, 15) is 19.8 Å². The number of amides is 1. The third kappa shape index (κ3) is 44.4. The molecule has 58 heavy (non-hydrogen) atoms. The molecule has 0 fully saturated rings. The summed E-state index contributed by atoms with van der Waals surface area (Å²) in [4.78, 5) is 24.4. The molecule has 346 valence electrons. The lowest BCUT2D eigenvalue weighted by molar-refractivity contribution is -0.143. The lowest BCUT2D eigenvalue weighted by atomic mass is 10.0. The third-order valence-electron chi connectivity index (χ3n) is 12.4. The molecule has 1 amide bonds. The zero-order valence-electron chi connectivity index (χ0n) is 39.3. The van der Waals surface area contributed by atoms with Crippen LogP contribution in [0.5, 0.6) is 0 Å². The van der Waals surface area contributed by atoms with Crippen LogP contribution in [-0.2, 0) is 14.3 Å². The molecule has 2 unspecified atom stereocenters. The number of nitrogens with one attached hydrogen (secondary N) is 1. The number of esters is 1. The van der Waals surface area contributed by atoms with Crippen LogP contribution in [0.3, 0.4) is 0 Å². The normalized spacial score (nSPS) is 12.6. The molecule has 2 atom stereocenters. The van der Waals surface area contributed by atoms with E-state index < -0.39 is 12.1 Å². The van der Waals surface area contributed by atoms with E-state index >= 15 is 0 Å². The van der Waals surface area contributed by atoms with Gasteiger partial charge in [-0.2, -0.15) is 0 Å². The number of carbonyl (C=O) groups excluding carboxylic acids is 2. The van der Waals surface area contributed by atoms with Gasteiger partial charge in [-0.25, -0.2) is 0 Å². The summed E-state index contributed by atoms with van der Waals surface area (Å²) in [7, 11) is 0. The molecule has 3 N–H and O–H groups in total. The molecule has 6 nitrogen and oxygen atoms in total. The van der Waals surface area contributed by atoms with Crippen LogP contribution in [0.1, 0.15) is 296 Å². The van der Waals surface area contributed by atoms with Gasteiger partial charge in [0, 0.05) is 12.8 Å². The molecule has 0 saturated heterocycles. The van der Waals surface area contributed by atoms with Crippen molar-refractivity contribution in [1.29, 1.82) is 0 Å². The number of carbonyl (C=O) groups is 2. The first kappa shape index (κ1) is 56.9. The van der Waals surface area contributed by atoms with E-state index in [4.69, 9.17) is 4.74 Å². The van der Waals surface area contributed by atoms with Gasteiger partial charge in [0.15, 0.2) is 0 Å². The van der Waals surface area contributed by atoms with Crippen molar-refractivity contribution < 1.29 is 24.5 Å². The summed E-state index contributed by atoms with van der Waals surface area (Å²) in [5, 5.41) is 23.2. The van der Waals surface area contributed by atoms with Crippen LogP contribution in [0.25, 0.3) is 0 Å². The molecule has 0 heterocycles. The first-order chi connectivity index (χ1) is 28.5. The highest BCUT2D eigenvalue weighted by Gasteiger charge is 2.20. The molecule has 0 rings (SSSR count). The second-order valence-electron chi connectivity index (χ2n) is 18.2. The molecule has 0 aromatic heterocycles. The second kappa shape index (κ2) is 48.5. The number of rotatable bonds is 49. The molecule has 0 aromatic carbocycles. The Morgan fingerprint density at radius 3 is 1.05 bits per heavy atom. The minimum absolute atomic E-state index is 0.000819. The minimum atomic E-state index is -0.669. The highest BCUT2D eigenvalue weighted by atomic mass is 16.5. The van der Waals surface area contributed by atoms with Gasteiger partial charge in [0.1, 0.15) is 0 Å². The standard InChI is InChI=1S/C52H103NO5/c1-3-5-7-9-11-13-15-17-18-21-24-28-32-36-40-44-50(55)49(48-54)53-51(56)45-41-37-33-29-25-22-19-20-23-27-31-35-39-43-47-58-52(57)46-42-38-34-30-26-16-14-12-10-8-6-4-2/h49-50,54-55H,3-48H2,1-2H3,(H,53,56). The van der Waals surface area contributed by atoms with Gasteiger partial charge in [-0.3, -0.25) is 9.59 Å². The topological polar surface area (TPSA) is 95.9 Å². The first-order valence-corrected chi connectivity index (χ1v) is 26.3. The molecular weight excluding hydrogens is 719 g/mol. The second-order valence-corrected chi connectivity index (χ2v) is 18.2. The number of ether oxygens (including phenoxy) is 1. The van der Waals surface area contributed by atoms with E-state index in [2.05, 4.69) is 19.2 Å². The lowest BCUT2D eigenvalue weighted by Gasteiger charge is -2.22.